The van der Waals surface area contributed by atoms with E-state index >= 15 is 0 Å². The number of rotatable bonds is 4. The Kier molecular flexibility index (Phi) is 4.94. The fourth-order valence-corrected chi connectivity index (χ4v) is 5.06. The fraction of sp³-hybridized carbons (Fsp3) is 0.417. The topological polar surface area (TPSA) is 34.1 Å². The molecular weight excluding hydrogens is 356 g/mol. The van der Waals surface area contributed by atoms with Crippen LogP contribution in [0, 0.1) is 11.8 Å². The van der Waals surface area contributed by atoms with Crippen LogP contribution in [-0.2, 0) is 22.4 Å². The van der Waals surface area contributed by atoms with Crippen LogP contribution < -0.4 is 0 Å². The molecule has 27 heavy (non-hydrogen) atoms. The number of Topliss-reactive ketones (excluding diaryl/α,β-unsaturated/α-hetero) is 2. The van der Waals surface area contributed by atoms with Crippen LogP contribution in [0.2, 0.25) is 5.02 Å². The lowest BCUT2D eigenvalue weighted by atomic mass is 9.72. The number of carbonyl (C=O) groups is 2. The first-order valence-electron chi connectivity index (χ1n) is 10.0. The van der Waals surface area contributed by atoms with Gasteiger partial charge in [-0.05, 0) is 72.1 Å². The third kappa shape index (κ3) is 3.14. The van der Waals surface area contributed by atoms with Crippen molar-refractivity contribution in [2.24, 2.45) is 11.8 Å². The van der Waals surface area contributed by atoms with Crippen LogP contribution in [0.15, 0.2) is 36.4 Å². The Labute approximate surface area is 165 Å². The van der Waals surface area contributed by atoms with Crippen molar-refractivity contribution in [1.82, 2.24) is 0 Å². The normalized spacial score (nSPS) is 24.5. The van der Waals surface area contributed by atoms with Gasteiger partial charge in [-0.2, -0.15) is 0 Å². The molecule has 2 aromatic carbocycles. The van der Waals surface area contributed by atoms with E-state index in [9.17, 15) is 9.59 Å². The molecule has 2 nitrogen and oxygen atoms in total. The Balaban J connectivity index is 1.84. The van der Waals surface area contributed by atoms with Crippen molar-refractivity contribution in [1.29, 1.82) is 0 Å². The van der Waals surface area contributed by atoms with Crippen molar-refractivity contribution < 1.29 is 9.59 Å². The number of aryl methyl sites for hydroxylation is 2. The molecule has 0 spiro atoms. The summed E-state index contributed by atoms with van der Waals surface area (Å²) in [4.78, 5) is 26.2. The Hall–Kier alpha value is -1.93. The van der Waals surface area contributed by atoms with Crippen LogP contribution in [-0.4, -0.2) is 11.6 Å². The Morgan fingerprint density at radius 2 is 1.37 bits per heavy atom. The summed E-state index contributed by atoms with van der Waals surface area (Å²) >= 11 is 6.03. The maximum absolute atomic E-state index is 13.1. The van der Waals surface area contributed by atoms with Crippen LogP contribution in [0.1, 0.15) is 55.7 Å². The first kappa shape index (κ1) is 18.4. The second-order valence-corrected chi connectivity index (χ2v) is 8.30. The molecule has 2 atom stereocenters. The summed E-state index contributed by atoms with van der Waals surface area (Å²) < 4.78 is 0. The highest BCUT2D eigenvalue weighted by Crippen LogP contribution is 2.46. The van der Waals surface area contributed by atoms with Crippen molar-refractivity contribution in [3.8, 4) is 11.1 Å². The molecule has 0 heterocycles. The minimum Gasteiger partial charge on any atom is -0.298 e. The number of ketones is 2. The van der Waals surface area contributed by atoms with Gasteiger partial charge in [-0.25, -0.2) is 0 Å². The lowest BCUT2D eigenvalue weighted by Gasteiger charge is -2.29. The first-order chi connectivity index (χ1) is 13.0. The molecule has 0 N–H and O–H groups in total. The quantitative estimate of drug-likeness (QED) is 0.629. The van der Waals surface area contributed by atoms with Gasteiger partial charge in [0.1, 0.15) is 5.92 Å². The molecular formula is C24H25ClO2. The van der Waals surface area contributed by atoms with Gasteiger partial charge in [-0.1, -0.05) is 49.7 Å². The summed E-state index contributed by atoms with van der Waals surface area (Å²) in [6, 6.07) is 12.2. The number of fused-ring (bicyclic) bond motifs is 2. The van der Waals surface area contributed by atoms with Gasteiger partial charge in [0.05, 0.1) is 0 Å². The Morgan fingerprint density at radius 1 is 0.852 bits per heavy atom. The largest absolute Gasteiger partial charge is 0.298 e. The Morgan fingerprint density at radius 3 is 1.85 bits per heavy atom. The molecule has 2 fully saturated rings. The highest BCUT2D eigenvalue weighted by Gasteiger charge is 2.48. The molecule has 0 amide bonds. The minimum absolute atomic E-state index is 0.0862. The third-order valence-corrected chi connectivity index (χ3v) is 6.64. The second kappa shape index (κ2) is 7.24. The number of hydrogen-bond donors (Lipinski definition) is 0. The number of carbonyl (C=O) groups excluding carboxylic acids is 2. The van der Waals surface area contributed by atoms with Crippen LogP contribution in [0.25, 0.3) is 11.1 Å². The smallest absolute Gasteiger partial charge is 0.150 e. The first-order valence-corrected chi connectivity index (χ1v) is 10.4. The van der Waals surface area contributed by atoms with Gasteiger partial charge in [0.25, 0.3) is 0 Å². The van der Waals surface area contributed by atoms with E-state index in [1.54, 1.807) is 0 Å². The molecule has 4 rings (SSSR count). The van der Waals surface area contributed by atoms with Gasteiger partial charge in [-0.15, -0.1) is 0 Å². The summed E-state index contributed by atoms with van der Waals surface area (Å²) in [5.74, 6) is -0.0405. The van der Waals surface area contributed by atoms with E-state index in [2.05, 4.69) is 26.0 Å². The van der Waals surface area contributed by atoms with Crippen molar-refractivity contribution in [3.05, 3.63) is 58.1 Å². The molecule has 2 saturated carbocycles. The highest BCUT2D eigenvalue weighted by atomic mass is 35.5. The standard InChI is InChI=1S/C24H25ClO2/c1-3-14-11-19(16-7-9-20(25)10-8-16)12-15(4-2)21(14)22-23(26)17-5-6-18(13-17)24(22)27/h7-12,17-18,22H,3-6,13H2,1-2H3. The predicted octanol–water partition coefficient (Wildman–Crippen LogP) is 5.78. The number of hydrogen-bond acceptors (Lipinski definition) is 2. The molecule has 0 aliphatic heterocycles. The number of halogens is 1. The molecule has 2 aliphatic carbocycles. The average Bonchev–Trinajstić information content (AvgIpc) is 3.14. The molecule has 140 valence electrons. The SMILES string of the molecule is CCc1cc(-c2ccc(Cl)cc2)cc(CC)c1C1C(=O)C2CCC(C2)C1=O. The van der Waals surface area contributed by atoms with E-state index in [4.69, 9.17) is 11.6 Å². The molecule has 2 unspecified atom stereocenters. The third-order valence-electron chi connectivity index (χ3n) is 6.39. The van der Waals surface area contributed by atoms with Gasteiger partial charge in [0.15, 0.2) is 11.6 Å². The molecule has 0 saturated heterocycles. The zero-order valence-electron chi connectivity index (χ0n) is 15.9. The monoisotopic (exact) mass is 380 g/mol. The predicted molar refractivity (Wildman–Crippen MR) is 109 cm³/mol. The molecule has 0 aromatic heterocycles. The van der Waals surface area contributed by atoms with E-state index in [1.165, 1.54) is 0 Å². The van der Waals surface area contributed by atoms with Gasteiger partial charge >= 0.3 is 0 Å². The maximum atomic E-state index is 13.1. The van der Waals surface area contributed by atoms with E-state index in [-0.39, 0.29) is 23.4 Å². The molecule has 0 radical (unpaired) electrons. The fourth-order valence-electron chi connectivity index (χ4n) is 4.94. The van der Waals surface area contributed by atoms with E-state index in [0.29, 0.717) is 0 Å². The number of benzene rings is 2. The second-order valence-electron chi connectivity index (χ2n) is 7.87. The summed E-state index contributed by atoms with van der Waals surface area (Å²) in [5, 5.41) is 0.718. The summed E-state index contributed by atoms with van der Waals surface area (Å²) in [6.07, 6.45) is 4.18. The lowest BCUT2D eigenvalue weighted by molar-refractivity contribution is -0.136. The average molecular weight is 381 g/mol. The van der Waals surface area contributed by atoms with E-state index in [1.807, 2.05) is 24.3 Å². The van der Waals surface area contributed by atoms with Crippen LogP contribution in [0.5, 0.6) is 0 Å². The lowest BCUT2D eigenvalue weighted by Crippen LogP contribution is -2.36. The van der Waals surface area contributed by atoms with E-state index in [0.717, 1.165) is 64.9 Å². The minimum atomic E-state index is -0.541. The van der Waals surface area contributed by atoms with Crippen molar-refractivity contribution in [2.45, 2.75) is 51.9 Å². The summed E-state index contributed by atoms with van der Waals surface area (Å²) in [5.41, 5.74) is 5.50. The van der Waals surface area contributed by atoms with Gasteiger partial charge in [0.2, 0.25) is 0 Å². The highest BCUT2D eigenvalue weighted by molar-refractivity contribution is 6.30. The molecule has 2 aromatic rings. The zero-order valence-corrected chi connectivity index (χ0v) is 16.7. The van der Waals surface area contributed by atoms with Gasteiger partial charge in [-0.3, -0.25) is 9.59 Å². The maximum Gasteiger partial charge on any atom is 0.150 e. The van der Waals surface area contributed by atoms with Crippen molar-refractivity contribution in [3.63, 3.8) is 0 Å². The molecule has 3 heteroatoms. The molecule has 2 aliphatic rings. The summed E-state index contributed by atoms with van der Waals surface area (Å²) in [7, 11) is 0. The van der Waals surface area contributed by atoms with Crippen molar-refractivity contribution >= 4 is 23.2 Å². The zero-order chi connectivity index (χ0) is 19.1. The summed E-state index contributed by atoms with van der Waals surface area (Å²) in [6.45, 7) is 4.21. The van der Waals surface area contributed by atoms with Crippen molar-refractivity contribution in [2.75, 3.05) is 0 Å². The van der Waals surface area contributed by atoms with Crippen LogP contribution in [0.4, 0.5) is 0 Å². The van der Waals surface area contributed by atoms with Gasteiger partial charge < -0.3 is 0 Å². The Bertz CT molecular complexity index is 850. The van der Waals surface area contributed by atoms with E-state index < -0.39 is 5.92 Å². The van der Waals surface area contributed by atoms with Gasteiger partial charge in [0, 0.05) is 16.9 Å². The molecule has 2 bridgehead atoms. The van der Waals surface area contributed by atoms with Crippen LogP contribution >= 0.6 is 11.6 Å². The van der Waals surface area contributed by atoms with Crippen LogP contribution in [0.3, 0.4) is 0 Å².